The Labute approximate surface area is 129 Å². The summed E-state index contributed by atoms with van der Waals surface area (Å²) in [6.07, 6.45) is -1.98. The number of carbonyl (C=O) groups excluding carboxylic acids is 2. The van der Waals surface area contributed by atoms with Crippen molar-refractivity contribution in [3.05, 3.63) is 0 Å². The van der Waals surface area contributed by atoms with Crippen molar-refractivity contribution >= 4 is 11.9 Å². The van der Waals surface area contributed by atoms with Crippen molar-refractivity contribution in [3.8, 4) is 11.8 Å². The van der Waals surface area contributed by atoms with E-state index in [1.807, 2.05) is 0 Å². The van der Waals surface area contributed by atoms with Gasteiger partial charge in [-0.1, -0.05) is 5.92 Å². The van der Waals surface area contributed by atoms with E-state index >= 15 is 0 Å². The molecule has 0 N–H and O–H groups in total. The van der Waals surface area contributed by atoms with Gasteiger partial charge in [0.05, 0.1) is 6.61 Å². The van der Waals surface area contributed by atoms with E-state index in [2.05, 4.69) is 11.8 Å². The molecular weight excluding hydrogens is 292 g/mol. The van der Waals surface area contributed by atoms with Crippen molar-refractivity contribution in [2.75, 3.05) is 13.2 Å². The van der Waals surface area contributed by atoms with Crippen LogP contribution in [0.25, 0.3) is 0 Å². The van der Waals surface area contributed by atoms with E-state index in [9.17, 15) is 9.59 Å². The minimum Gasteiger partial charge on any atom is -0.463 e. The first-order valence-electron chi connectivity index (χ1n) is 7.15. The number of ether oxygens (including phenoxy) is 5. The maximum absolute atomic E-state index is 11.3. The number of hydrogen-bond acceptors (Lipinski definition) is 7. The lowest BCUT2D eigenvalue weighted by Gasteiger charge is -2.22. The van der Waals surface area contributed by atoms with Crippen LogP contribution in [-0.2, 0) is 33.3 Å². The monoisotopic (exact) mass is 312 g/mol. The van der Waals surface area contributed by atoms with Gasteiger partial charge in [0.1, 0.15) is 31.0 Å². The van der Waals surface area contributed by atoms with E-state index in [1.165, 1.54) is 6.92 Å². The Hall–Kier alpha value is -1.62. The fourth-order valence-corrected chi connectivity index (χ4v) is 2.43. The van der Waals surface area contributed by atoms with E-state index in [-0.39, 0.29) is 13.2 Å². The van der Waals surface area contributed by atoms with E-state index in [0.29, 0.717) is 0 Å². The topological polar surface area (TPSA) is 80.3 Å². The van der Waals surface area contributed by atoms with Crippen molar-refractivity contribution in [1.82, 2.24) is 0 Å². The standard InChI is InChI=1S/C15H20O7/c1-5-18-12(17)7-6-10-13-14(22-15(3,4)21-13)11(20-10)8-19-9(2)16/h10-11,13-14H,5,8H2,1-4H3/t10-,11+,13-,14+/m0/s1. The molecule has 0 radical (unpaired) electrons. The molecule has 22 heavy (non-hydrogen) atoms. The number of hydrogen-bond donors (Lipinski definition) is 0. The van der Waals surface area contributed by atoms with Crippen LogP contribution in [0, 0.1) is 11.8 Å². The molecule has 0 aliphatic carbocycles. The Balaban J connectivity index is 2.07. The summed E-state index contributed by atoms with van der Waals surface area (Å²) in [6, 6.07) is 0. The molecule has 0 aromatic carbocycles. The van der Waals surface area contributed by atoms with Crippen LogP contribution in [0.4, 0.5) is 0 Å². The molecule has 2 rings (SSSR count). The van der Waals surface area contributed by atoms with Gasteiger partial charge in [-0.15, -0.1) is 0 Å². The molecule has 2 aliphatic heterocycles. The fraction of sp³-hybridized carbons (Fsp3) is 0.733. The highest BCUT2D eigenvalue weighted by molar-refractivity contribution is 5.88. The first-order chi connectivity index (χ1) is 10.3. The number of esters is 2. The highest BCUT2D eigenvalue weighted by atomic mass is 16.8. The molecule has 122 valence electrons. The first kappa shape index (κ1) is 16.7. The van der Waals surface area contributed by atoms with Crippen LogP contribution in [0.2, 0.25) is 0 Å². The largest absolute Gasteiger partial charge is 0.463 e. The van der Waals surface area contributed by atoms with Gasteiger partial charge >= 0.3 is 11.9 Å². The molecule has 0 bridgehead atoms. The molecule has 2 saturated heterocycles. The molecule has 2 fully saturated rings. The zero-order chi connectivity index (χ0) is 16.3. The molecule has 7 heteroatoms. The molecule has 2 heterocycles. The van der Waals surface area contributed by atoms with Gasteiger partial charge in [0, 0.05) is 12.8 Å². The lowest BCUT2D eigenvalue weighted by atomic mass is 10.1. The van der Waals surface area contributed by atoms with Gasteiger partial charge in [-0.25, -0.2) is 4.79 Å². The van der Waals surface area contributed by atoms with Crippen molar-refractivity contribution in [2.45, 2.75) is 57.9 Å². The van der Waals surface area contributed by atoms with E-state index in [1.54, 1.807) is 20.8 Å². The summed E-state index contributed by atoms with van der Waals surface area (Å²) in [5.74, 6) is 3.27. The second-order valence-electron chi connectivity index (χ2n) is 5.45. The quantitative estimate of drug-likeness (QED) is 0.424. The van der Waals surface area contributed by atoms with Crippen LogP contribution < -0.4 is 0 Å². The Bertz CT molecular complexity index is 502. The van der Waals surface area contributed by atoms with Crippen LogP contribution >= 0.6 is 0 Å². The Morgan fingerprint density at radius 2 is 1.86 bits per heavy atom. The third-order valence-corrected chi connectivity index (χ3v) is 3.19. The predicted octanol–water partition coefficient (Wildman–Crippen LogP) is 0.403. The summed E-state index contributed by atoms with van der Waals surface area (Å²) in [6.45, 7) is 6.89. The van der Waals surface area contributed by atoms with Crippen LogP contribution in [0.5, 0.6) is 0 Å². The van der Waals surface area contributed by atoms with Gasteiger partial charge in [-0.3, -0.25) is 4.79 Å². The summed E-state index contributed by atoms with van der Waals surface area (Å²) in [5.41, 5.74) is 0. The minimum absolute atomic E-state index is 0.0491. The molecule has 7 nitrogen and oxygen atoms in total. The number of fused-ring (bicyclic) bond motifs is 1. The van der Waals surface area contributed by atoms with Crippen molar-refractivity contribution in [3.63, 3.8) is 0 Å². The predicted molar refractivity (Wildman–Crippen MR) is 73.5 cm³/mol. The molecule has 2 aliphatic rings. The summed E-state index contributed by atoms with van der Waals surface area (Å²) >= 11 is 0. The molecule has 0 aromatic heterocycles. The zero-order valence-electron chi connectivity index (χ0n) is 13.1. The lowest BCUT2D eigenvalue weighted by Crippen LogP contribution is -2.33. The Morgan fingerprint density at radius 3 is 2.50 bits per heavy atom. The average Bonchev–Trinajstić information content (AvgIpc) is 2.88. The third-order valence-electron chi connectivity index (χ3n) is 3.19. The highest BCUT2D eigenvalue weighted by Crippen LogP contribution is 2.38. The zero-order valence-corrected chi connectivity index (χ0v) is 13.1. The molecule has 0 unspecified atom stereocenters. The highest BCUT2D eigenvalue weighted by Gasteiger charge is 2.55. The van der Waals surface area contributed by atoms with Crippen molar-refractivity contribution in [1.29, 1.82) is 0 Å². The van der Waals surface area contributed by atoms with Crippen LogP contribution in [0.1, 0.15) is 27.7 Å². The first-order valence-corrected chi connectivity index (χ1v) is 7.15. The van der Waals surface area contributed by atoms with Gasteiger partial charge in [-0.05, 0) is 20.8 Å². The van der Waals surface area contributed by atoms with E-state index in [4.69, 9.17) is 23.7 Å². The summed E-state index contributed by atoms with van der Waals surface area (Å²) in [5, 5.41) is 0. The lowest BCUT2D eigenvalue weighted by molar-refractivity contribution is -0.187. The summed E-state index contributed by atoms with van der Waals surface area (Å²) in [4.78, 5) is 22.3. The molecular formula is C15H20O7. The smallest absolute Gasteiger partial charge is 0.384 e. The van der Waals surface area contributed by atoms with Crippen molar-refractivity contribution in [2.24, 2.45) is 0 Å². The average molecular weight is 312 g/mol. The Kier molecular flexibility index (Phi) is 5.06. The van der Waals surface area contributed by atoms with Gasteiger partial charge in [0.2, 0.25) is 0 Å². The summed E-state index contributed by atoms with van der Waals surface area (Å²) in [7, 11) is 0. The second-order valence-corrected chi connectivity index (χ2v) is 5.45. The molecule has 0 amide bonds. The molecule has 0 spiro atoms. The van der Waals surface area contributed by atoms with Crippen LogP contribution in [0.3, 0.4) is 0 Å². The maximum atomic E-state index is 11.3. The second kappa shape index (κ2) is 6.65. The van der Waals surface area contributed by atoms with Crippen LogP contribution in [0.15, 0.2) is 0 Å². The maximum Gasteiger partial charge on any atom is 0.384 e. The SMILES string of the molecule is CCOC(=O)C#C[C@@H]1O[C@H](COC(C)=O)[C@H]2OC(C)(C)O[C@H]21. The number of carbonyl (C=O) groups is 2. The number of rotatable bonds is 3. The third kappa shape index (κ3) is 3.97. The van der Waals surface area contributed by atoms with Gasteiger partial charge < -0.3 is 23.7 Å². The van der Waals surface area contributed by atoms with Gasteiger partial charge in [0.25, 0.3) is 0 Å². The van der Waals surface area contributed by atoms with E-state index < -0.39 is 42.1 Å². The normalized spacial score (nSPS) is 31.8. The van der Waals surface area contributed by atoms with Crippen LogP contribution in [-0.4, -0.2) is 55.4 Å². The van der Waals surface area contributed by atoms with E-state index in [0.717, 1.165) is 0 Å². The molecule has 0 saturated carbocycles. The van der Waals surface area contributed by atoms with Crippen molar-refractivity contribution < 1.29 is 33.3 Å². The van der Waals surface area contributed by atoms with Gasteiger partial charge in [-0.2, -0.15) is 0 Å². The van der Waals surface area contributed by atoms with Gasteiger partial charge in [0.15, 0.2) is 5.79 Å². The molecule has 4 atom stereocenters. The fourth-order valence-electron chi connectivity index (χ4n) is 2.43. The summed E-state index contributed by atoms with van der Waals surface area (Å²) < 4.78 is 27.0. The minimum atomic E-state index is -0.780. The molecule has 0 aromatic rings. The Morgan fingerprint density at radius 1 is 1.18 bits per heavy atom.